The summed E-state index contributed by atoms with van der Waals surface area (Å²) >= 11 is 0. The molecule has 1 aliphatic rings. The van der Waals surface area contributed by atoms with Gasteiger partial charge in [0.05, 0.1) is 24.5 Å². The number of nitrogens with one attached hydrogen (secondary N) is 2. The zero-order valence-electron chi connectivity index (χ0n) is 13.7. The summed E-state index contributed by atoms with van der Waals surface area (Å²) in [6, 6.07) is 11.8. The predicted octanol–water partition coefficient (Wildman–Crippen LogP) is 2.35. The van der Waals surface area contributed by atoms with Crippen molar-refractivity contribution >= 4 is 24.1 Å². The van der Waals surface area contributed by atoms with E-state index in [1.54, 1.807) is 11.8 Å². The Labute approximate surface area is 148 Å². The van der Waals surface area contributed by atoms with Crippen molar-refractivity contribution in [2.75, 3.05) is 32.1 Å². The van der Waals surface area contributed by atoms with Gasteiger partial charge in [0.25, 0.3) is 0 Å². The number of hydrogen-bond donors (Lipinski definition) is 2. The molecule has 0 bridgehead atoms. The molecule has 130 valence electrons. The third kappa shape index (κ3) is 4.80. The van der Waals surface area contributed by atoms with Crippen molar-refractivity contribution in [2.24, 2.45) is 0 Å². The van der Waals surface area contributed by atoms with Gasteiger partial charge in [0.15, 0.2) is 0 Å². The van der Waals surface area contributed by atoms with Gasteiger partial charge in [-0.1, -0.05) is 18.2 Å². The zero-order valence-corrected chi connectivity index (χ0v) is 14.5. The lowest BCUT2D eigenvalue weighted by atomic mass is 10.3. The maximum Gasteiger partial charge on any atom is 0.239 e. The maximum atomic E-state index is 12.1. The van der Waals surface area contributed by atoms with Crippen LogP contribution in [0.25, 0.3) is 5.69 Å². The second-order valence-corrected chi connectivity index (χ2v) is 5.69. The second kappa shape index (κ2) is 8.82. The summed E-state index contributed by atoms with van der Waals surface area (Å²) < 4.78 is 6.75. The topological polar surface area (TPSA) is 68.2 Å². The molecule has 1 aliphatic carbocycles. The predicted molar refractivity (Wildman–Crippen MR) is 96.2 cm³/mol. The third-order valence-electron chi connectivity index (χ3n) is 3.76. The molecule has 2 aromatic rings. The fourth-order valence-corrected chi connectivity index (χ4v) is 2.40. The van der Waals surface area contributed by atoms with Gasteiger partial charge in [-0.25, -0.2) is 4.68 Å². The Hall–Kier alpha value is -1.89. The van der Waals surface area contributed by atoms with Crippen LogP contribution in [0.5, 0.6) is 0 Å². The SMILES string of the molecule is COCCNCC(=O)Nc1cc(C2CC2)nn1-c1ccccc1.Cl. The van der Waals surface area contributed by atoms with Gasteiger partial charge in [0.1, 0.15) is 5.82 Å². The van der Waals surface area contributed by atoms with E-state index < -0.39 is 0 Å². The average molecular weight is 351 g/mol. The second-order valence-electron chi connectivity index (χ2n) is 5.69. The largest absolute Gasteiger partial charge is 0.383 e. The van der Waals surface area contributed by atoms with Crippen molar-refractivity contribution in [2.45, 2.75) is 18.8 Å². The Kier molecular flexibility index (Phi) is 6.78. The Balaban J connectivity index is 0.00000208. The first-order valence-corrected chi connectivity index (χ1v) is 7.93. The molecule has 3 rings (SSSR count). The molecule has 0 aliphatic heterocycles. The van der Waals surface area contributed by atoms with E-state index >= 15 is 0 Å². The van der Waals surface area contributed by atoms with E-state index in [-0.39, 0.29) is 24.9 Å². The molecular weight excluding hydrogens is 328 g/mol. The van der Waals surface area contributed by atoms with Crippen LogP contribution in [0, 0.1) is 0 Å². The first-order chi connectivity index (χ1) is 11.3. The standard InChI is InChI=1S/C17H22N4O2.ClH/c1-23-10-9-18-12-17(22)19-16-11-15(13-7-8-13)20-21(16)14-5-3-2-4-6-14;/h2-6,11,13,18H,7-10,12H2,1H3,(H,19,22);1H. The normalized spacial score (nSPS) is 13.4. The Morgan fingerprint density at radius 2 is 2.08 bits per heavy atom. The van der Waals surface area contributed by atoms with E-state index in [1.165, 1.54) is 12.8 Å². The van der Waals surface area contributed by atoms with Crippen LogP contribution in [0.15, 0.2) is 36.4 Å². The van der Waals surface area contributed by atoms with Crippen LogP contribution >= 0.6 is 12.4 Å². The number of ether oxygens (including phenoxy) is 1. The summed E-state index contributed by atoms with van der Waals surface area (Å²) in [5.74, 6) is 1.17. The number of benzene rings is 1. The smallest absolute Gasteiger partial charge is 0.239 e. The molecule has 1 aromatic carbocycles. The summed E-state index contributed by atoms with van der Waals surface area (Å²) in [5, 5.41) is 10.7. The van der Waals surface area contributed by atoms with Gasteiger partial charge in [0.2, 0.25) is 5.91 Å². The number of anilines is 1. The molecule has 1 saturated carbocycles. The van der Waals surface area contributed by atoms with E-state index in [4.69, 9.17) is 4.74 Å². The van der Waals surface area contributed by atoms with Gasteiger partial charge in [-0.2, -0.15) is 5.10 Å². The molecule has 1 heterocycles. The number of carbonyl (C=O) groups is 1. The number of carbonyl (C=O) groups excluding carboxylic acids is 1. The molecule has 0 radical (unpaired) electrons. The average Bonchev–Trinajstić information content (AvgIpc) is 3.34. The van der Waals surface area contributed by atoms with Crippen molar-refractivity contribution in [1.82, 2.24) is 15.1 Å². The molecule has 1 fully saturated rings. The van der Waals surface area contributed by atoms with Crippen LogP contribution in [0.4, 0.5) is 5.82 Å². The van der Waals surface area contributed by atoms with Crippen molar-refractivity contribution in [1.29, 1.82) is 0 Å². The van der Waals surface area contributed by atoms with Crippen molar-refractivity contribution in [3.05, 3.63) is 42.1 Å². The fraction of sp³-hybridized carbons (Fsp3) is 0.412. The third-order valence-corrected chi connectivity index (χ3v) is 3.76. The number of amides is 1. The summed E-state index contributed by atoms with van der Waals surface area (Å²) in [7, 11) is 1.64. The number of hydrogen-bond acceptors (Lipinski definition) is 4. The van der Waals surface area contributed by atoms with E-state index in [1.807, 2.05) is 36.4 Å². The van der Waals surface area contributed by atoms with E-state index in [0.29, 0.717) is 19.1 Å². The first kappa shape index (κ1) is 18.4. The Bertz CT molecular complexity index is 656. The van der Waals surface area contributed by atoms with Crippen LogP contribution in [-0.2, 0) is 9.53 Å². The molecule has 0 atom stereocenters. The zero-order chi connectivity index (χ0) is 16.1. The van der Waals surface area contributed by atoms with Crippen LogP contribution in [-0.4, -0.2) is 42.5 Å². The number of para-hydroxylation sites is 1. The summed E-state index contributed by atoms with van der Waals surface area (Å²) in [5.41, 5.74) is 2.00. The quantitative estimate of drug-likeness (QED) is 0.717. The monoisotopic (exact) mass is 350 g/mol. The number of halogens is 1. The summed E-state index contributed by atoms with van der Waals surface area (Å²) in [6.07, 6.45) is 2.36. The number of aromatic nitrogens is 2. The number of nitrogens with zero attached hydrogens (tertiary/aromatic N) is 2. The highest BCUT2D eigenvalue weighted by Crippen LogP contribution is 2.40. The van der Waals surface area contributed by atoms with E-state index in [9.17, 15) is 4.79 Å². The van der Waals surface area contributed by atoms with Gasteiger partial charge in [-0.05, 0) is 25.0 Å². The van der Waals surface area contributed by atoms with Crippen molar-refractivity contribution < 1.29 is 9.53 Å². The molecular formula is C17H23ClN4O2. The highest BCUT2D eigenvalue weighted by Gasteiger charge is 2.27. The number of rotatable bonds is 8. The Morgan fingerprint density at radius 1 is 1.33 bits per heavy atom. The molecule has 1 amide bonds. The minimum Gasteiger partial charge on any atom is -0.383 e. The fourth-order valence-electron chi connectivity index (χ4n) is 2.40. The van der Waals surface area contributed by atoms with Crippen LogP contribution < -0.4 is 10.6 Å². The van der Waals surface area contributed by atoms with E-state index in [2.05, 4.69) is 15.7 Å². The van der Waals surface area contributed by atoms with Crippen LogP contribution in [0.2, 0.25) is 0 Å². The highest BCUT2D eigenvalue weighted by molar-refractivity contribution is 5.91. The Morgan fingerprint density at radius 3 is 2.75 bits per heavy atom. The molecule has 0 saturated heterocycles. The van der Waals surface area contributed by atoms with Gasteiger partial charge in [-0.3, -0.25) is 4.79 Å². The number of methoxy groups -OCH3 is 1. The lowest BCUT2D eigenvalue weighted by molar-refractivity contribution is -0.115. The molecule has 0 unspecified atom stereocenters. The summed E-state index contributed by atoms with van der Waals surface area (Å²) in [6.45, 7) is 1.48. The van der Waals surface area contributed by atoms with Gasteiger partial charge in [-0.15, -0.1) is 12.4 Å². The first-order valence-electron chi connectivity index (χ1n) is 7.93. The van der Waals surface area contributed by atoms with Crippen LogP contribution in [0.1, 0.15) is 24.5 Å². The summed E-state index contributed by atoms with van der Waals surface area (Å²) in [4.78, 5) is 12.1. The van der Waals surface area contributed by atoms with Crippen LogP contribution in [0.3, 0.4) is 0 Å². The van der Waals surface area contributed by atoms with E-state index in [0.717, 1.165) is 17.2 Å². The van der Waals surface area contributed by atoms with Crippen molar-refractivity contribution in [3.8, 4) is 5.69 Å². The molecule has 1 aromatic heterocycles. The lowest BCUT2D eigenvalue weighted by Crippen LogP contribution is -2.30. The lowest BCUT2D eigenvalue weighted by Gasteiger charge is -2.09. The maximum absolute atomic E-state index is 12.1. The van der Waals surface area contributed by atoms with Gasteiger partial charge >= 0.3 is 0 Å². The molecule has 6 nitrogen and oxygen atoms in total. The van der Waals surface area contributed by atoms with Gasteiger partial charge < -0.3 is 15.4 Å². The molecule has 0 spiro atoms. The van der Waals surface area contributed by atoms with Gasteiger partial charge in [0, 0.05) is 25.6 Å². The van der Waals surface area contributed by atoms with Crippen molar-refractivity contribution in [3.63, 3.8) is 0 Å². The minimum atomic E-state index is -0.0828. The molecule has 7 heteroatoms. The minimum absolute atomic E-state index is 0. The highest BCUT2D eigenvalue weighted by atomic mass is 35.5. The molecule has 2 N–H and O–H groups in total. The molecule has 24 heavy (non-hydrogen) atoms.